The van der Waals surface area contributed by atoms with Crippen molar-refractivity contribution in [1.82, 2.24) is 4.31 Å². The normalized spacial score (nSPS) is 20.3. The second kappa shape index (κ2) is 9.33. The Morgan fingerprint density at radius 2 is 1.88 bits per heavy atom. The molecule has 1 amide bonds. The van der Waals surface area contributed by atoms with Crippen molar-refractivity contribution in [1.29, 1.82) is 0 Å². The number of nitrogens with one attached hydrogen (secondary N) is 1. The van der Waals surface area contributed by atoms with Crippen LogP contribution in [0.15, 0.2) is 47.4 Å². The summed E-state index contributed by atoms with van der Waals surface area (Å²) >= 11 is 0. The Morgan fingerprint density at radius 3 is 2.64 bits per heavy atom. The van der Waals surface area contributed by atoms with E-state index in [-0.39, 0.29) is 35.9 Å². The first-order valence-corrected chi connectivity index (χ1v) is 11.5. The van der Waals surface area contributed by atoms with Gasteiger partial charge in [0, 0.05) is 19.0 Å². The summed E-state index contributed by atoms with van der Waals surface area (Å²) in [5.41, 5.74) is -0.0855. The minimum Gasteiger partial charge on any atom is -0.486 e. The zero-order valence-electron chi connectivity index (χ0n) is 17.3. The lowest BCUT2D eigenvalue weighted by atomic mass is 10.2. The third kappa shape index (κ3) is 4.92. The molecule has 0 radical (unpaired) electrons. The van der Waals surface area contributed by atoms with Crippen molar-refractivity contribution in [2.45, 2.75) is 23.5 Å². The molecule has 2 aromatic carbocycles. The van der Waals surface area contributed by atoms with Crippen LogP contribution in [0.3, 0.4) is 0 Å². The number of fused-ring (bicyclic) bond motifs is 1. The topological polar surface area (TPSA) is 131 Å². The number of carbonyl (C=O) groups excluding carboxylic acids is 2. The smallest absolute Gasteiger partial charge is 0.325 e. The molecule has 2 aromatic rings. The van der Waals surface area contributed by atoms with E-state index in [2.05, 4.69) is 5.32 Å². The lowest BCUT2D eigenvalue weighted by molar-refractivity contribution is -0.150. The third-order valence-corrected chi connectivity index (χ3v) is 6.99. The molecular weight excluding hydrogens is 459 g/mol. The highest BCUT2D eigenvalue weighted by Gasteiger charge is 2.44. The summed E-state index contributed by atoms with van der Waals surface area (Å²) in [4.78, 5) is 24.5. The number of aliphatic hydroxyl groups is 1. The van der Waals surface area contributed by atoms with Gasteiger partial charge >= 0.3 is 5.97 Å². The quantitative estimate of drug-likeness (QED) is 0.583. The molecule has 176 valence electrons. The Labute approximate surface area is 188 Å². The van der Waals surface area contributed by atoms with Crippen LogP contribution in [0.25, 0.3) is 0 Å². The van der Waals surface area contributed by atoms with Crippen LogP contribution in [0.5, 0.6) is 11.5 Å². The summed E-state index contributed by atoms with van der Waals surface area (Å²) in [6, 6.07) is 8.19. The van der Waals surface area contributed by atoms with E-state index in [1.54, 1.807) is 0 Å². The molecule has 2 atom stereocenters. The summed E-state index contributed by atoms with van der Waals surface area (Å²) in [6.07, 6.45) is -1.29. The zero-order chi connectivity index (χ0) is 23.6. The van der Waals surface area contributed by atoms with Gasteiger partial charge in [0.15, 0.2) is 18.1 Å². The molecule has 0 saturated carbocycles. The number of aliphatic hydroxyl groups excluding tert-OH is 1. The third-order valence-electron chi connectivity index (χ3n) is 5.12. The number of benzene rings is 2. The standard InChI is InChI=1S/C21H21FN2O8S/c22-15-3-1-2-4-16(15)23-20(26)12-32-21(27)17-9-13(25)11-24(17)33(28,29)14-5-6-18-19(10-14)31-8-7-30-18/h1-6,10,13,17,25H,7-9,11-12H2,(H,23,26)/t13-,17-/m0/s1. The lowest BCUT2D eigenvalue weighted by Crippen LogP contribution is -2.42. The number of carbonyl (C=O) groups is 2. The number of hydrogen-bond acceptors (Lipinski definition) is 8. The van der Waals surface area contributed by atoms with Gasteiger partial charge in [0.05, 0.1) is 16.7 Å². The van der Waals surface area contributed by atoms with E-state index in [1.165, 1.54) is 36.4 Å². The molecule has 10 nitrogen and oxygen atoms in total. The maximum Gasteiger partial charge on any atom is 0.325 e. The number of hydrogen-bond donors (Lipinski definition) is 2. The maximum atomic E-state index is 13.6. The Kier molecular flexibility index (Phi) is 6.49. The van der Waals surface area contributed by atoms with Crippen molar-refractivity contribution in [2.24, 2.45) is 0 Å². The molecular formula is C21H21FN2O8S. The molecule has 2 heterocycles. The zero-order valence-corrected chi connectivity index (χ0v) is 18.1. The van der Waals surface area contributed by atoms with Gasteiger partial charge in [0.2, 0.25) is 10.0 Å². The second-order valence-corrected chi connectivity index (χ2v) is 9.31. The molecule has 1 fully saturated rings. The summed E-state index contributed by atoms with van der Waals surface area (Å²) in [5.74, 6) is -1.80. The van der Waals surface area contributed by atoms with E-state index in [0.29, 0.717) is 12.4 Å². The van der Waals surface area contributed by atoms with Gasteiger partial charge in [-0.3, -0.25) is 9.59 Å². The number of amides is 1. The van der Waals surface area contributed by atoms with Gasteiger partial charge in [-0.25, -0.2) is 12.8 Å². The van der Waals surface area contributed by atoms with E-state index in [0.717, 1.165) is 10.4 Å². The van der Waals surface area contributed by atoms with Crippen molar-refractivity contribution in [3.8, 4) is 11.5 Å². The number of nitrogens with zero attached hydrogens (tertiary/aromatic N) is 1. The van der Waals surface area contributed by atoms with Crippen LogP contribution in [0, 0.1) is 5.82 Å². The first kappa shape index (κ1) is 23.0. The minimum absolute atomic E-state index is 0.0855. The van der Waals surface area contributed by atoms with Gasteiger partial charge in [-0.15, -0.1) is 0 Å². The molecule has 0 aliphatic carbocycles. The Balaban J connectivity index is 1.45. The average molecular weight is 480 g/mol. The number of ether oxygens (including phenoxy) is 3. The summed E-state index contributed by atoms with van der Waals surface area (Å²) in [6.45, 7) is -0.464. The predicted octanol–water partition coefficient (Wildman–Crippen LogP) is 0.903. The Morgan fingerprint density at radius 1 is 1.15 bits per heavy atom. The first-order valence-electron chi connectivity index (χ1n) is 10.1. The molecule has 0 aromatic heterocycles. The molecule has 2 aliphatic heterocycles. The van der Waals surface area contributed by atoms with Crippen LogP contribution in [0.4, 0.5) is 10.1 Å². The van der Waals surface area contributed by atoms with Gasteiger partial charge in [-0.05, 0) is 24.3 Å². The van der Waals surface area contributed by atoms with Crippen LogP contribution in [-0.2, 0) is 24.3 Å². The Hall–Kier alpha value is -3.22. The monoisotopic (exact) mass is 480 g/mol. The van der Waals surface area contributed by atoms with Crippen molar-refractivity contribution in [2.75, 3.05) is 31.7 Å². The van der Waals surface area contributed by atoms with Crippen LogP contribution < -0.4 is 14.8 Å². The molecule has 33 heavy (non-hydrogen) atoms. The highest BCUT2D eigenvalue weighted by Crippen LogP contribution is 2.35. The number of rotatable bonds is 6. The fourth-order valence-electron chi connectivity index (χ4n) is 3.57. The van der Waals surface area contributed by atoms with Crippen molar-refractivity contribution < 1.29 is 41.7 Å². The van der Waals surface area contributed by atoms with Gasteiger partial charge in [0.1, 0.15) is 25.1 Å². The molecule has 4 rings (SSSR count). The molecule has 0 bridgehead atoms. The fraction of sp³-hybridized carbons (Fsp3) is 0.333. The van der Waals surface area contributed by atoms with Gasteiger partial charge in [-0.2, -0.15) is 4.31 Å². The largest absolute Gasteiger partial charge is 0.486 e. The van der Waals surface area contributed by atoms with Crippen molar-refractivity contribution in [3.05, 3.63) is 48.3 Å². The summed E-state index contributed by atoms with van der Waals surface area (Å²) in [7, 11) is -4.21. The fourth-order valence-corrected chi connectivity index (χ4v) is 5.21. The highest BCUT2D eigenvalue weighted by molar-refractivity contribution is 7.89. The van der Waals surface area contributed by atoms with Gasteiger partial charge in [0.25, 0.3) is 5.91 Å². The van der Waals surface area contributed by atoms with Crippen molar-refractivity contribution in [3.63, 3.8) is 0 Å². The van der Waals surface area contributed by atoms with Crippen LogP contribution >= 0.6 is 0 Å². The maximum absolute atomic E-state index is 13.6. The number of β-amino-alcohol motifs (C(OH)–C–C–N with tert-alkyl or cyclic N) is 1. The average Bonchev–Trinajstić information content (AvgIpc) is 3.21. The van der Waals surface area contributed by atoms with E-state index in [4.69, 9.17) is 14.2 Å². The van der Waals surface area contributed by atoms with Crippen LogP contribution in [-0.4, -0.2) is 68.2 Å². The minimum atomic E-state index is -4.21. The molecule has 2 aliphatic rings. The first-order chi connectivity index (χ1) is 15.8. The second-order valence-electron chi connectivity index (χ2n) is 7.42. The summed E-state index contributed by atoms with van der Waals surface area (Å²) in [5, 5.41) is 12.3. The van der Waals surface area contributed by atoms with E-state index in [9.17, 15) is 27.5 Å². The molecule has 2 N–H and O–H groups in total. The van der Waals surface area contributed by atoms with Gasteiger partial charge in [-0.1, -0.05) is 12.1 Å². The van der Waals surface area contributed by atoms with E-state index < -0.39 is 46.5 Å². The predicted molar refractivity (Wildman–Crippen MR) is 112 cm³/mol. The molecule has 12 heteroatoms. The highest BCUT2D eigenvalue weighted by atomic mass is 32.2. The number of anilines is 1. The molecule has 1 saturated heterocycles. The Bertz CT molecular complexity index is 1170. The van der Waals surface area contributed by atoms with Crippen molar-refractivity contribution >= 4 is 27.6 Å². The number of para-hydroxylation sites is 1. The molecule has 0 spiro atoms. The summed E-state index contributed by atoms with van der Waals surface area (Å²) < 4.78 is 56.6. The van der Waals surface area contributed by atoms with Crippen LogP contribution in [0.2, 0.25) is 0 Å². The molecule has 0 unspecified atom stereocenters. The van der Waals surface area contributed by atoms with Crippen LogP contribution in [0.1, 0.15) is 6.42 Å². The number of esters is 1. The van der Waals surface area contributed by atoms with Gasteiger partial charge < -0.3 is 24.6 Å². The van der Waals surface area contributed by atoms with E-state index >= 15 is 0 Å². The SMILES string of the molecule is O=C(COC(=O)[C@@H]1C[C@H](O)CN1S(=O)(=O)c1ccc2c(c1)OCCO2)Nc1ccccc1F. The lowest BCUT2D eigenvalue weighted by Gasteiger charge is -2.24. The number of halogens is 1. The number of sulfonamides is 1. The van der Waals surface area contributed by atoms with E-state index in [1.807, 2.05) is 0 Å².